The van der Waals surface area contributed by atoms with Crippen LogP contribution in [0.2, 0.25) is 0 Å². The standard InChI is InChI=1S/C27H48O20/c1-7(2)21-23(20(40)22(11(6-31)41-21)45-25-18(38)15(35)12(32)8(3-28)42-25)46-27-24(17(37)14(34)10(5-30)44-27)47-26-19(39)16(36)13(33)9(4-29)43-26/h7-40H,3-6H2,1-2H3/t8-,9-,10-,11-,12-,13-,14-,15+,16+,17+,18-,19-,20+,21+,22-,23-,24-,25+,26+,27+/m1/s1. The molecule has 0 spiro atoms. The summed E-state index contributed by atoms with van der Waals surface area (Å²) in [5.41, 5.74) is 0. The maximum Gasteiger partial charge on any atom is 0.187 e. The van der Waals surface area contributed by atoms with Gasteiger partial charge < -0.3 is 99.5 Å². The van der Waals surface area contributed by atoms with Gasteiger partial charge in [0.15, 0.2) is 18.9 Å². The Balaban J connectivity index is 1.61. The largest absolute Gasteiger partial charge is 0.394 e. The summed E-state index contributed by atoms with van der Waals surface area (Å²) in [7, 11) is 0. The highest BCUT2D eigenvalue weighted by atomic mass is 16.8. The van der Waals surface area contributed by atoms with Crippen molar-refractivity contribution in [3.8, 4) is 0 Å². The summed E-state index contributed by atoms with van der Waals surface area (Å²) >= 11 is 0. The fraction of sp³-hybridized carbons (Fsp3) is 1.00. The molecule has 4 heterocycles. The molecule has 20 nitrogen and oxygen atoms in total. The van der Waals surface area contributed by atoms with E-state index in [1.807, 2.05) is 0 Å². The lowest BCUT2D eigenvalue weighted by atomic mass is 9.88. The summed E-state index contributed by atoms with van der Waals surface area (Å²) in [6.45, 7) is 0.244. The highest BCUT2D eigenvalue weighted by Crippen LogP contribution is 2.36. The van der Waals surface area contributed by atoms with Gasteiger partial charge >= 0.3 is 0 Å². The molecule has 0 saturated carbocycles. The van der Waals surface area contributed by atoms with Crippen molar-refractivity contribution in [3.05, 3.63) is 0 Å². The minimum absolute atomic E-state index is 0.450. The van der Waals surface area contributed by atoms with Crippen LogP contribution in [0.1, 0.15) is 13.8 Å². The van der Waals surface area contributed by atoms with Gasteiger partial charge in [-0.3, -0.25) is 0 Å². The molecule has 20 heteroatoms. The molecule has 4 rings (SSSR count). The number of hydrogen-bond acceptors (Lipinski definition) is 20. The molecule has 0 aromatic heterocycles. The first-order chi connectivity index (χ1) is 22.2. The molecule has 0 aromatic rings. The van der Waals surface area contributed by atoms with Gasteiger partial charge in [0.1, 0.15) is 97.7 Å². The monoisotopic (exact) mass is 692 g/mol. The summed E-state index contributed by atoms with van der Waals surface area (Å²) in [5.74, 6) is -0.450. The minimum Gasteiger partial charge on any atom is -0.394 e. The first kappa shape index (κ1) is 39.0. The van der Waals surface area contributed by atoms with Crippen molar-refractivity contribution in [3.63, 3.8) is 0 Å². The van der Waals surface area contributed by atoms with Gasteiger partial charge in [-0.2, -0.15) is 0 Å². The van der Waals surface area contributed by atoms with Gasteiger partial charge in [-0.25, -0.2) is 0 Å². The van der Waals surface area contributed by atoms with Gasteiger partial charge in [0, 0.05) is 0 Å². The molecule has 0 aliphatic carbocycles. The van der Waals surface area contributed by atoms with Crippen molar-refractivity contribution in [2.24, 2.45) is 5.92 Å². The van der Waals surface area contributed by atoms with Crippen LogP contribution in [-0.4, -0.2) is 215 Å². The highest BCUT2D eigenvalue weighted by molar-refractivity contribution is 4.99. The molecule has 4 saturated heterocycles. The Bertz CT molecular complexity index is 959. The average Bonchev–Trinajstić information content (AvgIpc) is 3.05. The Morgan fingerprint density at radius 1 is 0.404 bits per heavy atom. The van der Waals surface area contributed by atoms with Gasteiger partial charge in [-0.15, -0.1) is 0 Å². The number of hydrogen-bond donors (Lipinski definition) is 13. The second-order valence-electron chi connectivity index (χ2n) is 12.5. The van der Waals surface area contributed by atoms with Gasteiger partial charge in [-0.1, -0.05) is 13.8 Å². The Morgan fingerprint density at radius 2 is 0.787 bits per heavy atom. The third-order valence-corrected chi connectivity index (χ3v) is 8.93. The van der Waals surface area contributed by atoms with Crippen molar-refractivity contribution >= 4 is 0 Å². The molecule has 4 aliphatic heterocycles. The van der Waals surface area contributed by atoms with Gasteiger partial charge in [0.2, 0.25) is 0 Å². The van der Waals surface area contributed by atoms with Crippen molar-refractivity contribution in [2.45, 2.75) is 136 Å². The predicted molar refractivity (Wildman–Crippen MR) is 147 cm³/mol. The van der Waals surface area contributed by atoms with Crippen LogP contribution in [0, 0.1) is 5.92 Å². The molecule has 4 aliphatic rings. The zero-order valence-corrected chi connectivity index (χ0v) is 25.6. The van der Waals surface area contributed by atoms with Gasteiger partial charge in [0.25, 0.3) is 0 Å². The molecule has 0 radical (unpaired) electrons. The molecule has 0 unspecified atom stereocenters. The van der Waals surface area contributed by atoms with E-state index in [0.29, 0.717) is 0 Å². The third-order valence-electron chi connectivity index (χ3n) is 8.93. The zero-order chi connectivity index (χ0) is 34.9. The Hall–Kier alpha value is -0.800. The van der Waals surface area contributed by atoms with Crippen LogP contribution >= 0.6 is 0 Å². The molecular weight excluding hydrogens is 644 g/mol. The van der Waals surface area contributed by atoms with Crippen molar-refractivity contribution in [1.29, 1.82) is 0 Å². The quantitative estimate of drug-likeness (QED) is 0.0956. The molecule has 20 atom stereocenters. The average molecular weight is 693 g/mol. The molecule has 276 valence electrons. The molecule has 0 aromatic carbocycles. The molecule has 0 bridgehead atoms. The van der Waals surface area contributed by atoms with E-state index < -0.39 is 155 Å². The van der Waals surface area contributed by atoms with E-state index in [9.17, 15) is 66.4 Å². The van der Waals surface area contributed by atoms with Crippen LogP contribution in [0.25, 0.3) is 0 Å². The maximum absolute atomic E-state index is 11.6. The number of aliphatic hydroxyl groups excluding tert-OH is 13. The molecular formula is C27H48O20. The third kappa shape index (κ3) is 7.92. The smallest absolute Gasteiger partial charge is 0.187 e. The molecule has 47 heavy (non-hydrogen) atoms. The van der Waals surface area contributed by atoms with Crippen molar-refractivity contribution in [2.75, 3.05) is 26.4 Å². The van der Waals surface area contributed by atoms with Crippen LogP contribution in [0.4, 0.5) is 0 Å². The van der Waals surface area contributed by atoms with Crippen LogP contribution < -0.4 is 0 Å². The van der Waals surface area contributed by atoms with E-state index in [4.69, 9.17) is 33.2 Å². The van der Waals surface area contributed by atoms with Crippen LogP contribution in [-0.2, 0) is 33.2 Å². The van der Waals surface area contributed by atoms with Crippen LogP contribution in [0.15, 0.2) is 0 Å². The number of rotatable bonds is 11. The predicted octanol–water partition coefficient (Wildman–Crippen LogP) is -8.04. The highest BCUT2D eigenvalue weighted by Gasteiger charge is 2.56. The lowest BCUT2D eigenvalue weighted by molar-refractivity contribution is -0.389. The van der Waals surface area contributed by atoms with Crippen LogP contribution in [0.5, 0.6) is 0 Å². The minimum atomic E-state index is -1.93. The second kappa shape index (κ2) is 16.5. The topological polar surface area (TPSA) is 328 Å². The van der Waals surface area contributed by atoms with E-state index in [2.05, 4.69) is 0 Å². The zero-order valence-electron chi connectivity index (χ0n) is 25.6. The lowest BCUT2D eigenvalue weighted by Crippen LogP contribution is -2.68. The molecule has 13 N–H and O–H groups in total. The van der Waals surface area contributed by atoms with Gasteiger partial charge in [0.05, 0.1) is 32.5 Å². The van der Waals surface area contributed by atoms with E-state index in [-0.39, 0.29) is 0 Å². The second-order valence-corrected chi connectivity index (χ2v) is 12.5. The van der Waals surface area contributed by atoms with E-state index >= 15 is 0 Å². The number of aliphatic hydroxyl groups is 13. The van der Waals surface area contributed by atoms with E-state index in [0.717, 1.165) is 0 Å². The fourth-order valence-corrected chi connectivity index (χ4v) is 6.10. The maximum atomic E-state index is 11.6. The first-order valence-corrected chi connectivity index (χ1v) is 15.3. The van der Waals surface area contributed by atoms with E-state index in [1.165, 1.54) is 0 Å². The first-order valence-electron chi connectivity index (χ1n) is 15.3. The fourth-order valence-electron chi connectivity index (χ4n) is 6.10. The molecule has 4 fully saturated rings. The Kier molecular flexibility index (Phi) is 13.7. The summed E-state index contributed by atoms with van der Waals surface area (Å²) in [6, 6.07) is 0. The van der Waals surface area contributed by atoms with E-state index in [1.54, 1.807) is 13.8 Å². The van der Waals surface area contributed by atoms with Crippen LogP contribution in [0.3, 0.4) is 0 Å². The summed E-state index contributed by atoms with van der Waals surface area (Å²) in [5, 5.41) is 134. The van der Waals surface area contributed by atoms with Crippen molar-refractivity contribution < 1.29 is 99.5 Å². The normalized spacial score (nSPS) is 51.3. The van der Waals surface area contributed by atoms with Crippen molar-refractivity contribution in [1.82, 2.24) is 0 Å². The summed E-state index contributed by atoms with van der Waals surface area (Å²) in [6.07, 6.45) is -33.2. The molecule has 0 amide bonds. The number of ether oxygens (including phenoxy) is 7. The summed E-state index contributed by atoms with van der Waals surface area (Å²) in [4.78, 5) is 0. The van der Waals surface area contributed by atoms with Gasteiger partial charge in [-0.05, 0) is 5.92 Å². The Morgan fingerprint density at radius 3 is 1.21 bits per heavy atom. The summed E-state index contributed by atoms with van der Waals surface area (Å²) < 4.78 is 40.0. The SMILES string of the molecule is CC(C)[C@@H]1O[C@H](CO)[C@@H](O[C@@H]2O[C@H](CO)[C@@H](O)[C@H](O)[C@H]2O)[C@H](O)[C@H]1O[C@@H]1O[C@H](CO)[C@@H](O)[C@H](O)[C@H]1O[C@@H]1O[C@H](CO)[C@@H](O)[C@H](O)[C@H]1O. The Labute approximate surface area is 268 Å². The lowest BCUT2D eigenvalue weighted by Gasteiger charge is -2.50.